The highest BCUT2D eigenvalue weighted by atomic mass is 79.9. The van der Waals surface area contributed by atoms with Crippen molar-refractivity contribution in [2.45, 2.75) is 13.8 Å². The van der Waals surface area contributed by atoms with Crippen LogP contribution in [0.5, 0.6) is 0 Å². The quantitative estimate of drug-likeness (QED) is 0.725. The maximum atomic E-state index is 10.9. The van der Waals surface area contributed by atoms with Crippen molar-refractivity contribution in [1.29, 1.82) is 0 Å². The minimum absolute atomic E-state index is 0.330. The first-order chi connectivity index (χ1) is 5.63. The van der Waals surface area contributed by atoms with Gasteiger partial charge in [-0.15, -0.1) is 0 Å². The van der Waals surface area contributed by atoms with E-state index in [0.29, 0.717) is 4.47 Å². The van der Waals surface area contributed by atoms with Crippen LogP contribution in [0.3, 0.4) is 0 Å². The monoisotopic (exact) mass is 234 g/mol. The summed E-state index contributed by atoms with van der Waals surface area (Å²) in [5.41, 5.74) is -0.739. The topological polar surface area (TPSA) is 54.9 Å². The van der Waals surface area contributed by atoms with Gasteiger partial charge in [0.05, 0.1) is 4.47 Å². The van der Waals surface area contributed by atoms with Crippen molar-refractivity contribution >= 4 is 15.9 Å². The molecule has 0 unspecified atom stereocenters. The van der Waals surface area contributed by atoms with E-state index in [1.807, 2.05) is 13.8 Å². The predicted molar refractivity (Wildman–Crippen MR) is 51.4 cm³/mol. The zero-order chi connectivity index (χ0) is 9.72. The molecule has 0 fully saturated rings. The van der Waals surface area contributed by atoms with Crippen LogP contribution in [0.15, 0.2) is 20.3 Å². The Hall–Kier alpha value is -0.840. The number of hydrogen-bond donors (Lipinski definition) is 1. The summed E-state index contributed by atoms with van der Waals surface area (Å²) in [7, 11) is 1.41. The van der Waals surface area contributed by atoms with Gasteiger partial charge in [0.2, 0.25) is 0 Å². The minimum atomic E-state index is -0.409. The molecule has 0 aliphatic carbocycles. The molecule has 68 valence electrons. The minimum Gasteiger partial charge on any atom is -0.313 e. The number of H-pyrrole nitrogens is 1. The number of nitrogens with one attached hydrogen (secondary N) is 1. The Bertz CT molecular complexity index is 353. The van der Waals surface area contributed by atoms with Crippen LogP contribution in [0.25, 0.3) is 0 Å². The van der Waals surface area contributed by atoms with E-state index in [1.54, 1.807) is 0 Å². The summed E-state index contributed by atoms with van der Waals surface area (Å²) in [4.78, 5) is 23.9. The van der Waals surface area contributed by atoms with E-state index in [-0.39, 0.29) is 5.56 Å². The maximum absolute atomic E-state index is 10.9. The summed E-state index contributed by atoms with van der Waals surface area (Å²) in [6.07, 6.45) is 1.32. The Morgan fingerprint density at radius 1 is 1.42 bits per heavy atom. The van der Waals surface area contributed by atoms with Gasteiger partial charge < -0.3 is 4.98 Å². The van der Waals surface area contributed by atoms with Gasteiger partial charge in [0, 0.05) is 13.2 Å². The van der Waals surface area contributed by atoms with E-state index in [1.165, 1.54) is 13.2 Å². The lowest BCUT2D eigenvalue weighted by atomic mass is 10.6. The molecule has 1 heterocycles. The van der Waals surface area contributed by atoms with Crippen molar-refractivity contribution in [2.24, 2.45) is 7.05 Å². The van der Waals surface area contributed by atoms with Crippen molar-refractivity contribution in [2.75, 3.05) is 0 Å². The van der Waals surface area contributed by atoms with E-state index in [9.17, 15) is 9.59 Å². The molecule has 0 aromatic carbocycles. The number of aromatic nitrogens is 2. The predicted octanol–water partition coefficient (Wildman–Crippen LogP) is 0.862. The molecule has 1 rings (SSSR count). The van der Waals surface area contributed by atoms with E-state index in [2.05, 4.69) is 20.9 Å². The van der Waals surface area contributed by atoms with Crippen LogP contribution in [0.1, 0.15) is 13.8 Å². The molecule has 0 saturated carbocycles. The van der Waals surface area contributed by atoms with Gasteiger partial charge in [0.1, 0.15) is 0 Å². The van der Waals surface area contributed by atoms with Gasteiger partial charge in [-0.1, -0.05) is 13.8 Å². The largest absolute Gasteiger partial charge is 0.328 e. The lowest BCUT2D eigenvalue weighted by Crippen LogP contribution is -2.32. The number of halogens is 1. The number of hydrogen-bond acceptors (Lipinski definition) is 2. The van der Waals surface area contributed by atoms with Crippen LogP contribution in [0.2, 0.25) is 0 Å². The van der Waals surface area contributed by atoms with Gasteiger partial charge in [-0.05, 0) is 15.9 Å². The normalized spacial score (nSPS) is 8.67. The fourth-order valence-corrected chi connectivity index (χ4v) is 0.917. The SMILES string of the molecule is CC.Cn1c(=O)[nH]cc(Br)c1=O. The fraction of sp³-hybridized carbons (Fsp3) is 0.429. The standard InChI is InChI=1S/C5H5BrN2O2.C2H6/c1-8-4(9)3(6)2-7-5(8)10;1-2/h2H,1H3,(H,7,10);1-2H3. The number of nitrogens with zero attached hydrogens (tertiary/aromatic N) is 1. The zero-order valence-corrected chi connectivity index (χ0v) is 8.81. The molecule has 1 aromatic heterocycles. The number of aromatic amines is 1. The Morgan fingerprint density at radius 2 is 1.92 bits per heavy atom. The molecule has 0 spiro atoms. The van der Waals surface area contributed by atoms with Gasteiger partial charge in [-0.25, -0.2) is 4.79 Å². The molecule has 0 atom stereocenters. The molecule has 1 aromatic rings. The first-order valence-electron chi connectivity index (χ1n) is 3.57. The third-order valence-corrected chi connectivity index (χ3v) is 1.70. The molecule has 5 heteroatoms. The summed E-state index contributed by atoms with van der Waals surface area (Å²) in [6.45, 7) is 4.00. The third kappa shape index (κ3) is 2.34. The Balaban J connectivity index is 0.000000561. The molecule has 12 heavy (non-hydrogen) atoms. The van der Waals surface area contributed by atoms with Crippen molar-refractivity contribution in [3.63, 3.8) is 0 Å². The lowest BCUT2D eigenvalue weighted by Gasteiger charge is -1.93. The second-order valence-electron chi connectivity index (χ2n) is 1.81. The molecule has 0 amide bonds. The molecular weight excluding hydrogens is 224 g/mol. The molecule has 0 aliphatic heterocycles. The highest BCUT2D eigenvalue weighted by molar-refractivity contribution is 9.10. The summed E-state index contributed by atoms with van der Waals surface area (Å²) in [6, 6.07) is 0. The third-order valence-electron chi connectivity index (χ3n) is 1.14. The molecule has 4 nitrogen and oxygen atoms in total. The smallest absolute Gasteiger partial charge is 0.313 e. The van der Waals surface area contributed by atoms with Gasteiger partial charge in [0.15, 0.2) is 0 Å². The average Bonchev–Trinajstić information content (AvgIpc) is 2.12. The van der Waals surface area contributed by atoms with Crippen LogP contribution in [0, 0.1) is 0 Å². The highest BCUT2D eigenvalue weighted by Crippen LogP contribution is 1.94. The average molecular weight is 235 g/mol. The van der Waals surface area contributed by atoms with Crippen molar-refractivity contribution in [3.8, 4) is 0 Å². The van der Waals surface area contributed by atoms with Crippen molar-refractivity contribution in [1.82, 2.24) is 9.55 Å². The van der Waals surface area contributed by atoms with E-state index >= 15 is 0 Å². The fourth-order valence-electron chi connectivity index (χ4n) is 0.536. The molecule has 0 bridgehead atoms. The van der Waals surface area contributed by atoms with Crippen LogP contribution in [-0.2, 0) is 7.05 Å². The van der Waals surface area contributed by atoms with E-state index in [4.69, 9.17) is 0 Å². The lowest BCUT2D eigenvalue weighted by molar-refractivity contribution is 0.769. The van der Waals surface area contributed by atoms with Crippen LogP contribution < -0.4 is 11.2 Å². The summed E-state index contributed by atoms with van der Waals surface area (Å²) in [5, 5.41) is 0. The van der Waals surface area contributed by atoms with E-state index in [0.717, 1.165) is 4.57 Å². The second kappa shape index (κ2) is 4.92. The second-order valence-corrected chi connectivity index (χ2v) is 2.66. The first-order valence-corrected chi connectivity index (χ1v) is 4.36. The molecule has 0 radical (unpaired) electrons. The maximum Gasteiger partial charge on any atom is 0.328 e. The molecular formula is C7H11BrN2O2. The van der Waals surface area contributed by atoms with Crippen LogP contribution in [-0.4, -0.2) is 9.55 Å². The zero-order valence-electron chi connectivity index (χ0n) is 7.22. The van der Waals surface area contributed by atoms with Crippen molar-refractivity contribution < 1.29 is 0 Å². The molecule has 0 saturated heterocycles. The summed E-state index contributed by atoms with van der Waals surface area (Å²) >= 11 is 2.98. The number of rotatable bonds is 0. The summed E-state index contributed by atoms with van der Waals surface area (Å²) < 4.78 is 1.35. The van der Waals surface area contributed by atoms with Gasteiger partial charge in [-0.2, -0.15) is 0 Å². The van der Waals surface area contributed by atoms with Crippen molar-refractivity contribution in [3.05, 3.63) is 31.5 Å². The molecule has 0 aliphatic rings. The van der Waals surface area contributed by atoms with Gasteiger partial charge in [0.25, 0.3) is 5.56 Å². The van der Waals surface area contributed by atoms with E-state index < -0.39 is 5.69 Å². The molecule has 1 N–H and O–H groups in total. The Kier molecular flexibility index (Phi) is 4.58. The van der Waals surface area contributed by atoms with Crippen LogP contribution >= 0.6 is 15.9 Å². The van der Waals surface area contributed by atoms with Crippen LogP contribution in [0.4, 0.5) is 0 Å². The van der Waals surface area contributed by atoms with Gasteiger partial charge in [-0.3, -0.25) is 9.36 Å². The highest BCUT2D eigenvalue weighted by Gasteiger charge is 1.97. The van der Waals surface area contributed by atoms with Gasteiger partial charge >= 0.3 is 5.69 Å². The first kappa shape index (κ1) is 11.2. The Morgan fingerprint density at radius 3 is 2.33 bits per heavy atom. The Labute approximate surface area is 78.4 Å². The summed E-state index contributed by atoms with van der Waals surface area (Å²) in [5.74, 6) is 0.